The highest BCUT2D eigenvalue weighted by molar-refractivity contribution is 9.10. The minimum atomic E-state index is -0.985. The summed E-state index contributed by atoms with van der Waals surface area (Å²) in [4.78, 5) is 44.1. The fourth-order valence-electron chi connectivity index (χ4n) is 4.65. The van der Waals surface area contributed by atoms with Gasteiger partial charge in [0.2, 0.25) is 5.91 Å². The van der Waals surface area contributed by atoms with Crippen molar-refractivity contribution >= 4 is 33.7 Å². The second kappa shape index (κ2) is 10.9. The van der Waals surface area contributed by atoms with Gasteiger partial charge in [-0.2, -0.15) is 0 Å². The van der Waals surface area contributed by atoms with E-state index in [0.717, 1.165) is 26.1 Å². The number of amides is 3. The molecule has 0 radical (unpaired) electrons. The van der Waals surface area contributed by atoms with Gasteiger partial charge < -0.3 is 4.90 Å². The zero-order valence-electron chi connectivity index (χ0n) is 20.1. The number of hydrogen-bond acceptors (Lipinski definition) is 3. The Kier molecular flexibility index (Phi) is 7.28. The lowest BCUT2D eigenvalue weighted by Crippen LogP contribution is -2.51. The van der Waals surface area contributed by atoms with Crippen LogP contribution >= 0.6 is 15.9 Å². The van der Waals surface area contributed by atoms with E-state index in [9.17, 15) is 14.4 Å². The van der Waals surface area contributed by atoms with Crippen molar-refractivity contribution in [2.24, 2.45) is 0 Å². The Morgan fingerprint density at radius 2 is 1.11 bits per heavy atom. The molecule has 0 bridgehead atoms. The van der Waals surface area contributed by atoms with Crippen molar-refractivity contribution in [1.29, 1.82) is 0 Å². The van der Waals surface area contributed by atoms with E-state index in [1.54, 1.807) is 29.2 Å². The molecular formula is C31H25BrN2O3. The zero-order valence-corrected chi connectivity index (χ0v) is 21.7. The number of hydrogen-bond donors (Lipinski definition) is 0. The summed E-state index contributed by atoms with van der Waals surface area (Å²) in [6.45, 7) is 0.711. The van der Waals surface area contributed by atoms with E-state index in [0.29, 0.717) is 24.2 Å². The Morgan fingerprint density at radius 1 is 0.649 bits per heavy atom. The molecule has 0 N–H and O–H groups in total. The predicted molar refractivity (Wildman–Crippen MR) is 146 cm³/mol. The number of halogens is 1. The minimum Gasteiger partial charge on any atom is -0.332 e. The highest BCUT2D eigenvalue weighted by Crippen LogP contribution is 2.28. The summed E-state index contributed by atoms with van der Waals surface area (Å²) in [5.41, 5.74) is 3.46. The van der Waals surface area contributed by atoms with Gasteiger partial charge in [-0.05, 0) is 41.0 Å². The van der Waals surface area contributed by atoms with Crippen LogP contribution in [-0.4, -0.2) is 33.6 Å². The molecule has 1 unspecified atom stereocenters. The van der Waals surface area contributed by atoms with Gasteiger partial charge in [0.05, 0.1) is 11.1 Å². The molecule has 6 heteroatoms. The van der Waals surface area contributed by atoms with Crippen molar-refractivity contribution in [3.8, 4) is 0 Å². The largest absolute Gasteiger partial charge is 0.332 e. The second-order valence-electron chi connectivity index (χ2n) is 9.04. The number of carbonyl (C=O) groups is 3. The number of nitrogens with zero attached hydrogens (tertiary/aromatic N) is 2. The second-order valence-corrected chi connectivity index (χ2v) is 9.95. The van der Waals surface area contributed by atoms with Gasteiger partial charge in [-0.25, -0.2) is 0 Å². The Bertz CT molecular complexity index is 1350. The molecule has 1 aliphatic heterocycles. The summed E-state index contributed by atoms with van der Waals surface area (Å²) in [7, 11) is 0. The maximum absolute atomic E-state index is 14.3. The van der Waals surface area contributed by atoms with Gasteiger partial charge in [-0.1, -0.05) is 101 Å². The third-order valence-electron chi connectivity index (χ3n) is 6.51. The molecule has 0 aliphatic carbocycles. The van der Waals surface area contributed by atoms with Crippen LogP contribution in [0.15, 0.2) is 114 Å². The predicted octanol–water partition coefficient (Wildman–Crippen LogP) is 5.89. The van der Waals surface area contributed by atoms with Crippen LogP contribution < -0.4 is 0 Å². The van der Waals surface area contributed by atoms with Crippen molar-refractivity contribution in [1.82, 2.24) is 9.80 Å². The fraction of sp³-hybridized carbons (Fsp3) is 0.129. The molecule has 184 valence electrons. The number of rotatable bonds is 8. The smallest absolute Gasteiger partial charge is 0.262 e. The van der Waals surface area contributed by atoms with Crippen molar-refractivity contribution in [2.45, 2.75) is 25.6 Å². The molecule has 5 rings (SSSR count). The maximum atomic E-state index is 14.3. The summed E-state index contributed by atoms with van der Waals surface area (Å²) in [5.74, 6) is -1.14. The highest BCUT2D eigenvalue weighted by Gasteiger charge is 2.43. The Labute approximate surface area is 224 Å². The average molecular weight is 553 g/mol. The van der Waals surface area contributed by atoms with Crippen molar-refractivity contribution < 1.29 is 14.4 Å². The van der Waals surface area contributed by atoms with Crippen LogP contribution in [0, 0.1) is 0 Å². The molecule has 3 amide bonds. The van der Waals surface area contributed by atoms with Gasteiger partial charge >= 0.3 is 0 Å². The SMILES string of the molecule is O=C(C(Cc1ccc(Br)cc1)N1C(=O)c2ccccc2C1=O)N(Cc1ccccc1)Cc1ccccc1. The molecule has 0 fully saturated rings. The van der Waals surface area contributed by atoms with Crippen LogP contribution in [0.5, 0.6) is 0 Å². The number of fused-ring (bicyclic) bond motifs is 1. The minimum absolute atomic E-state index is 0.220. The molecule has 4 aromatic carbocycles. The van der Waals surface area contributed by atoms with Crippen LogP contribution in [0.1, 0.15) is 37.4 Å². The van der Waals surface area contributed by atoms with Gasteiger partial charge in [0.15, 0.2) is 0 Å². The molecule has 1 atom stereocenters. The molecule has 1 aliphatic rings. The zero-order chi connectivity index (χ0) is 25.8. The highest BCUT2D eigenvalue weighted by atomic mass is 79.9. The molecule has 1 heterocycles. The molecule has 37 heavy (non-hydrogen) atoms. The number of carbonyl (C=O) groups excluding carboxylic acids is 3. The van der Waals surface area contributed by atoms with Gasteiger partial charge in [0.25, 0.3) is 11.8 Å². The lowest BCUT2D eigenvalue weighted by molar-refractivity contribution is -0.136. The first-order chi connectivity index (χ1) is 18.0. The molecular weight excluding hydrogens is 528 g/mol. The van der Waals surface area contributed by atoms with Crippen LogP contribution in [0.4, 0.5) is 0 Å². The van der Waals surface area contributed by atoms with Crippen molar-refractivity contribution in [3.63, 3.8) is 0 Å². The van der Waals surface area contributed by atoms with E-state index in [4.69, 9.17) is 0 Å². The molecule has 5 nitrogen and oxygen atoms in total. The molecule has 0 aromatic heterocycles. The molecule has 0 spiro atoms. The molecule has 0 saturated heterocycles. The lowest BCUT2D eigenvalue weighted by Gasteiger charge is -2.32. The van der Waals surface area contributed by atoms with Gasteiger partial charge in [0.1, 0.15) is 6.04 Å². The van der Waals surface area contributed by atoms with Crippen LogP contribution in [0.2, 0.25) is 0 Å². The third kappa shape index (κ3) is 5.39. The monoisotopic (exact) mass is 552 g/mol. The first kappa shape index (κ1) is 24.7. The molecule has 4 aromatic rings. The van der Waals surface area contributed by atoms with Gasteiger partial charge in [-0.15, -0.1) is 0 Å². The van der Waals surface area contributed by atoms with Gasteiger partial charge in [0, 0.05) is 24.0 Å². The Morgan fingerprint density at radius 3 is 1.59 bits per heavy atom. The summed E-state index contributed by atoms with van der Waals surface area (Å²) in [6.07, 6.45) is 0.220. The lowest BCUT2D eigenvalue weighted by atomic mass is 10.0. The summed E-state index contributed by atoms with van der Waals surface area (Å²) in [5, 5.41) is 0. The Hall–Kier alpha value is -4.03. The van der Waals surface area contributed by atoms with Crippen LogP contribution in [0.3, 0.4) is 0 Å². The normalized spacial score (nSPS) is 13.4. The van der Waals surface area contributed by atoms with E-state index >= 15 is 0 Å². The van der Waals surface area contributed by atoms with Crippen LogP contribution in [-0.2, 0) is 24.3 Å². The van der Waals surface area contributed by atoms with Crippen molar-refractivity contribution in [2.75, 3.05) is 0 Å². The van der Waals surface area contributed by atoms with E-state index < -0.39 is 17.9 Å². The van der Waals surface area contributed by atoms with Gasteiger partial charge in [-0.3, -0.25) is 19.3 Å². The number of benzene rings is 4. The standard InChI is InChI=1S/C31H25BrN2O3/c32-25-17-15-22(16-18-25)19-28(34-29(35)26-13-7-8-14-27(26)30(34)36)31(37)33(20-23-9-3-1-4-10-23)21-24-11-5-2-6-12-24/h1-18,28H,19-21H2. The van der Waals surface area contributed by atoms with Crippen LogP contribution in [0.25, 0.3) is 0 Å². The summed E-state index contributed by atoms with van der Waals surface area (Å²) < 4.78 is 0.912. The number of imide groups is 1. The van der Waals surface area contributed by atoms with E-state index in [-0.39, 0.29) is 12.3 Å². The van der Waals surface area contributed by atoms with E-state index in [1.165, 1.54) is 0 Å². The first-order valence-corrected chi connectivity index (χ1v) is 12.9. The molecule has 0 saturated carbocycles. The van der Waals surface area contributed by atoms with Crippen molar-refractivity contribution in [3.05, 3.63) is 141 Å². The Balaban J connectivity index is 1.53. The topological polar surface area (TPSA) is 57.7 Å². The average Bonchev–Trinajstić information content (AvgIpc) is 3.18. The fourth-order valence-corrected chi connectivity index (χ4v) is 4.92. The third-order valence-corrected chi connectivity index (χ3v) is 7.04. The van der Waals surface area contributed by atoms with E-state index in [1.807, 2.05) is 84.9 Å². The summed E-state index contributed by atoms with van der Waals surface area (Å²) >= 11 is 3.45. The summed E-state index contributed by atoms with van der Waals surface area (Å²) in [6, 6.07) is 32.8. The quantitative estimate of drug-likeness (QED) is 0.256. The maximum Gasteiger partial charge on any atom is 0.262 e. The first-order valence-electron chi connectivity index (χ1n) is 12.1. The van der Waals surface area contributed by atoms with E-state index in [2.05, 4.69) is 15.9 Å².